The number of rotatable bonds is 5. The number of nitrogens with one attached hydrogen (secondary N) is 1. The largest absolute Gasteiger partial charge is 0.352 e. The van der Waals surface area contributed by atoms with E-state index in [-0.39, 0.29) is 17.4 Å². The molecule has 1 unspecified atom stereocenters. The summed E-state index contributed by atoms with van der Waals surface area (Å²) < 4.78 is 24.7. The van der Waals surface area contributed by atoms with Gasteiger partial charge in [0.05, 0.1) is 6.26 Å². The molecule has 0 saturated carbocycles. The highest BCUT2D eigenvalue weighted by atomic mass is 32.2. The van der Waals surface area contributed by atoms with Crippen molar-refractivity contribution in [3.05, 3.63) is 35.4 Å². The highest BCUT2D eigenvalue weighted by molar-refractivity contribution is 7.88. The highest BCUT2D eigenvalue weighted by Gasteiger charge is 2.26. The van der Waals surface area contributed by atoms with Gasteiger partial charge >= 0.3 is 0 Å². The number of nitrogens with zero attached hydrogens (tertiary/aromatic N) is 1. The Balaban J connectivity index is 1.82. The lowest BCUT2D eigenvalue weighted by Crippen LogP contribution is -2.49. The van der Waals surface area contributed by atoms with E-state index in [1.54, 1.807) is 0 Å². The Morgan fingerprint density at radius 1 is 1.24 bits per heavy atom. The van der Waals surface area contributed by atoms with Crippen LogP contribution in [0.1, 0.15) is 51.2 Å². The van der Waals surface area contributed by atoms with Crippen molar-refractivity contribution in [2.24, 2.45) is 0 Å². The van der Waals surface area contributed by atoms with E-state index in [1.807, 2.05) is 0 Å². The van der Waals surface area contributed by atoms with Crippen molar-refractivity contribution in [3.63, 3.8) is 0 Å². The molecule has 2 rings (SSSR count). The number of hydrogen-bond acceptors (Lipinski definition) is 3. The molecular formula is C19H30N2O3S. The molecule has 25 heavy (non-hydrogen) atoms. The number of aryl methyl sites for hydroxylation is 1. The quantitative estimate of drug-likeness (QED) is 0.870. The normalized spacial score (nSPS) is 19.6. The second-order valence-corrected chi connectivity index (χ2v) is 9.96. The van der Waals surface area contributed by atoms with E-state index < -0.39 is 10.0 Å². The van der Waals surface area contributed by atoms with Gasteiger partial charge in [0.15, 0.2) is 0 Å². The monoisotopic (exact) mass is 366 g/mol. The maximum absolute atomic E-state index is 12.2. The Morgan fingerprint density at radius 3 is 2.44 bits per heavy atom. The molecule has 1 heterocycles. The number of carbonyl (C=O) groups excluding carboxylic acids is 1. The van der Waals surface area contributed by atoms with Gasteiger partial charge in [-0.1, -0.05) is 45.0 Å². The summed E-state index contributed by atoms with van der Waals surface area (Å²) in [7, 11) is -3.18. The van der Waals surface area contributed by atoms with Crippen LogP contribution in [0.5, 0.6) is 0 Å². The van der Waals surface area contributed by atoms with E-state index in [4.69, 9.17) is 0 Å². The summed E-state index contributed by atoms with van der Waals surface area (Å²) in [5.74, 6) is -0.0137. The minimum absolute atomic E-state index is 0.0137. The molecule has 0 radical (unpaired) electrons. The van der Waals surface area contributed by atoms with Crippen molar-refractivity contribution < 1.29 is 13.2 Å². The fraction of sp³-hybridized carbons (Fsp3) is 0.632. The molecule has 1 aliphatic rings. The fourth-order valence-electron chi connectivity index (χ4n) is 3.09. The van der Waals surface area contributed by atoms with Crippen LogP contribution in [0, 0.1) is 0 Å². The molecular weight excluding hydrogens is 336 g/mol. The van der Waals surface area contributed by atoms with E-state index in [0.717, 1.165) is 18.4 Å². The van der Waals surface area contributed by atoms with E-state index >= 15 is 0 Å². The zero-order chi connectivity index (χ0) is 18.7. The van der Waals surface area contributed by atoms with Gasteiger partial charge in [-0.25, -0.2) is 12.7 Å². The minimum atomic E-state index is -3.18. The van der Waals surface area contributed by atoms with Crippen LogP contribution in [-0.4, -0.2) is 44.0 Å². The molecule has 0 aromatic heterocycles. The second-order valence-electron chi connectivity index (χ2n) is 7.97. The van der Waals surface area contributed by atoms with E-state index in [9.17, 15) is 13.2 Å². The van der Waals surface area contributed by atoms with Crippen LogP contribution in [0.2, 0.25) is 0 Å². The Hall–Kier alpha value is -1.40. The molecule has 0 spiro atoms. The van der Waals surface area contributed by atoms with Crippen LogP contribution in [0.25, 0.3) is 0 Å². The lowest BCUT2D eigenvalue weighted by atomic mass is 9.86. The predicted molar refractivity (Wildman–Crippen MR) is 101 cm³/mol. The van der Waals surface area contributed by atoms with E-state index in [2.05, 4.69) is 50.4 Å². The van der Waals surface area contributed by atoms with Crippen molar-refractivity contribution in [2.75, 3.05) is 19.3 Å². The van der Waals surface area contributed by atoms with Gasteiger partial charge in [0.25, 0.3) is 0 Å². The maximum atomic E-state index is 12.2. The third kappa shape index (κ3) is 6.12. The smallest absolute Gasteiger partial charge is 0.220 e. The van der Waals surface area contributed by atoms with Crippen LogP contribution >= 0.6 is 0 Å². The molecule has 5 nitrogen and oxygen atoms in total. The molecule has 140 valence electrons. The Kier molecular flexibility index (Phi) is 6.27. The van der Waals surface area contributed by atoms with Crippen molar-refractivity contribution in [1.29, 1.82) is 0 Å². The molecule has 1 N–H and O–H groups in total. The molecule has 1 aromatic carbocycles. The molecule has 1 aromatic rings. The number of hydrogen-bond donors (Lipinski definition) is 1. The maximum Gasteiger partial charge on any atom is 0.220 e. The topological polar surface area (TPSA) is 66.5 Å². The Bertz CT molecular complexity index is 690. The number of amides is 1. The summed E-state index contributed by atoms with van der Waals surface area (Å²) in [5, 5.41) is 2.98. The van der Waals surface area contributed by atoms with E-state index in [0.29, 0.717) is 25.9 Å². The van der Waals surface area contributed by atoms with Crippen LogP contribution in [0.15, 0.2) is 24.3 Å². The minimum Gasteiger partial charge on any atom is -0.352 e. The number of benzene rings is 1. The van der Waals surface area contributed by atoms with Crippen LogP contribution < -0.4 is 5.32 Å². The number of piperidine rings is 1. The SMILES string of the molecule is CC(C)(C)c1ccc(CCC(=O)NC2CCCN(S(C)(=O)=O)C2)cc1. The first kappa shape index (κ1) is 19.9. The zero-order valence-electron chi connectivity index (χ0n) is 15.7. The highest BCUT2D eigenvalue weighted by Crippen LogP contribution is 2.22. The van der Waals surface area contributed by atoms with Crippen molar-refractivity contribution in [1.82, 2.24) is 9.62 Å². The first-order valence-corrected chi connectivity index (χ1v) is 10.7. The van der Waals surface area contributed by atoms with Crippen molar-refractivity contribution in [2.45, 2.75) is 57.9 Å². The average Bonchev–Trinajstić information content (AvgIpc) is 2.52. The van der Waals surface area contributed by atoms with Gasteiger partial charge < -0.3 is 5.32 Å². The molecule has 1 atom stereocenters. The lowest BCUT2D eigenvalue weighted by Gasteiger charge is -2.31. The van der Waals surface area contributed by atoms with Crippen LogP contribution in [-0.2, 0) is 26.7 Å². The van der Waals surface area contributed by atoms with Gasteiger partial charge in [-0.2, -0.15) is 0 Å². The van der Waals surface area contributed by atoms with Crippen LogP contribution in [0.4, 0.5) is 0 Å². The fourth-order valence-corrected chi connectivity index (χ4v) is 4.00. The van der Waals surface area contributed by atoms with Gasteiger partial charge in [0, 0.05) is 25.6 Å². The summed E-state index contributed by atoms with van der Waals surface area (Å²) in [6.07, 6.45) is 3.95. The molecule has 6 heteroatoms. The average molecular weight is 367 g/mol. The third-order valence-corrected chi connectivity index (χ3v) is 5.95. The lowest BCUT2D eigenvalue weighted by molar-refractivity contribution is -0.122. The van der Waals surface area contributed by atoms with Gasteiger partial charge in [-0.15, -0.1) is 0 Å². The standard InChI is InChI=1S/C19H30N2O3S/c1-19(2,3)16-10-7-15(8-11-16)9-12-18(22)20-17-6-5-13-21(14-17)25(4,23)24/h7-8,10-11,17H,5-6,9,12-14H2,1-4H3,(H,20,22). The molecule has 1 aliphatic heterocycles. The van der Waals surface area contributed by atoms with Gasteiger partial charge in [-0.05, 0) is 35.8 Å². The summed E-state index contributed by atoms with van der Waals surface area (Å²) in [6.45, 7) is 7.47. The van der Waals surface area contributed by atoms with Crippen molar-refractivity contribution >= 4 is 15.9 Å². The zero-order valence-corrected chi connectivity index (χ0v) is 16.5. The molecule has 0 bridgehead atoms. The molecule has 1 saturated heterocycles. The summed E-state index contributed by atoms with van der Waals surface area (Å²) in [5.41, 5.74) is 2.55. The third-order valence-electron chi connectivity index (χ3n) is 4.68. The molecule has 1 amide bonds. The molecule has 1 fully saturated rings. The summed E-state index contributed by atoms with van der Waals surface area (Å²) in [4.78, 5) is 12.2. The number of sulfonamides is 1. The van der Waals surface area contributed by atoms with Gasteiger partial charge in [0.2, 0.25) is 15.9 Å². The first-order valence-electron chi connectivity index (χ1n) is 8.89. The first-order chi connectivity index (χ1) is 11.6. The number of carbonyl (C=O) groups is 1. The van der Waals surface area contributed by atoms with Crippen LogP contribution in [0.3, 0.4) is 0 Å². The second kappa shape index (κ2) is 7.87. The van der Waals surface area contributed by atoms with Gasteiger partial charge in [-0.3, -0.25) is 4.79 Å². The van der Waals surface area contributed by atoms with E-state index in [1.165, 1.54) is 16.1 Å². The Labute approximate surface area is 151 Å². The van der Waals surface area contributed by atoms with Gasteiger partial charge in [0.1, 0.15) is 0 Å². The van der Waals surface area contributed by atoms with Crippen molar-refractivity contribution in [3.8, 4) is 0 Å². The predicted octanol–water partition coefficient (Wildman–Crippen LogP) is 2.46. The molecule has 0 aliphatic carbocycles. The Morgan fingerprint density at radius 2 is 1.88 bits per heavy atom. The summed E-state index contributed by atoms with van der Waals surface area (Å²) >= 11 is 0. The summed E-state index contributed by atoms with van der Waals surface area (Å²) in [6, 6.07) is 8.33.